The van der Waals surface area contributed by atoms with E-state index in [4.69, 9.17) is 27.9 Å². The van der Waals surface area contributed by atoms with E-state index in [0.717, 1.165) is 5.56 Å². The summed E-state index contributed by atoms with van der Waals surface area (Å²) in [5, 5.41) is 12.9. The van der Waals surface area contributed by atoms with Gasteiger partial charge in [-0.3, -0.25) is 4.79 Å². The van der Waals surface area contributed by atoms with Gasteiger partial charge in [-0.05, 0) is 44.9 Å². The largest absolute Gasteiger partial charge is 0.451 e. The molecule has 0 saturated carbocycles. The second-order valence-corrected chi connectivity index (χ2v) is 6.80. The van der Waals surface area contributed by atoms with Gasteiger partial charge in [-0.1, -0.05) is 29.3 Å². The van der Waals surface area contributed by atoms with Gasteiger partial charge >= 0.3 is 5.97 Å². The standard InChI is InChI=1S/C18H20Cl2N2O4/c1-8-5-6-12(19)17(15(8)20)22-13(24)7-26-18(25)16-9(2)14(11(4)23)10(3)21-16/h5-6,11,21,23H,7H2,1-4H3,(H,22,24)/t11-/m0/s1. The molecule has 0 unspecified atom stereocenters. The summed E-state index contributed by atoms with van der Waals surface area (Å²) in [4.78, 5) is 27.2. The molecule has 0 aliphatic carbocycles. The van der Waals surface area contributed by atoms with Crippen molar-refractivity contribution in [1.82, 2.24) is 4.98 Å². The highest BCUT2D eigenvalue weighted by Gasteiger charge is 2.22. The topological polar surface area (TPSA) is 91.4 Å². The molecule has 1 aromatic carbocycles. The summed E-state index contributed by atoms with van der Waals surface area (Å²) in [6.07, 6.45) is -0.721. The zero-order valence-electron chi connectivity index (χ0n) is 14.9. The number of rotatable bonds is 5. The van der Waals surface area contributed by atoms with Crippen molar-refractivity contribution in [1.29, 1.82) is 0 Å². The molecule has 2 rings (SSSR count). The second kappa shape index (κ2) is 8.12. The van der Waals surface area contributed by atoms with Crippen LogP contribution in [0.5, 0.6) is 0 Å². The number of halogens is 2. The maximum atomic E-state index is 12.2. The zero-order valence-corrected chi connectivity index (χ0v) is 16.4. The fraction of sp³-hybridized carbons (Fsp3) is 0.333. The second-order valence-electron chi connectivity index (χ2n) is 6.02. The lowest BCUT2D eigenvalue weighted by molar-refractivity contribution is -0.119. The van der Waals surface area contributed by atoms with Crippen LogP contribution in [0.1, 0.15) is 45.9 Å². The third-order valence-electron chi connectivity index (χ3n) is 4.00. The number of esters is 1. The minimum atomic E-state index is -0.721. The molecule has 0 fully saturated rings. The van der Waals surface area contributed by atoms with Gasteiger partial charge < -0.3 is 20.1 Å². The van der Waals surface area contributed by atoms with Crippen molar-refractivity contribution in [2.24, 2.45) is 0 Å². The lowest BCUT2D eigenvalue weighted by atomic mass is 10.1. The minimum absolute atomic E-state index is 0.206. The monoisotopic (exact) mass is 398 g/mol. The van der Waals surface area contributed by atoms with Gasteiger partial charge in [-0.25, -0.2) is 4.79 Å². The van der Waals surface area contributed by atoms with Gasteiger partial charge in [0.15, 0.2) is 6.61 Å². The van der Waals surface area contributed by atoms with Crippen molar-refractivity contribution < 1.29 is 19.4 Å². The first kappa shape index (κ1) is 20.3. The summed E-state index contributed by atoms with van der Waals surface area (Å²) in [5.41, 5.74) is 3.14. The molecule has 2 aromatic rings. The highest BCUT2D eigenvalue weighted by molar-refractivity contribution is 6.40. The molecule has 3 N–H and O–H groups in total. The van der Waals surface area contributed by atoms with Crippen LogP contribution in [0.25, 0.3) is 0 Å². The van der Waals surface area contributed by atoms with E-state index in [-0.39, 0.29) is 16.4 Å². The molecule has 1 heterocycles. The number of hydrogen-bond donors (Lipinski definition) is 3. The molecule has 0 spiro atoms. The molecule has 140 valence electrons. The van der Waals surface area contributed by atoms with E-state index in [0.29, 0.717) is 21.8 Å². The van der Waals surface area contributed by atoms with E-state index in [2.05, 4.69) is 10.3 Å². The highest BCUT2D eigenvalue weighted by atomic mass is 35.5. The Bertz CT molecular complexity index is 859. The van der Waals surface area contributed by atoms with Gasteiger partial charge in [-0.2, -0.15) is 0 Å². The molecule has 1 atom stereocenters. The first-order valence-corrected chi connectivity index (χ1v) is 8.67. The van der Waals surface area contributed by atoms with Crippen molar-refractivity contribution >= 4 is 40.8 Å². The van der Waals surface area contributed by atoms with E-state index in [1.165, 1.54) is 0 Å². The number of benzene rings is 1. The summed E-state index contributed by atoms with van der Waals surface area (Å²) >= 11 is 12.2. The number of aryl methyl sites for hydroxylation is 2. The number of aromatic nitrogens is 1. The average molecular weight is 399 g/mol. The van der Waals surface area contributed by atoms with Crippen LogP contribution in [-0.4, -0.2) is 28.6 Å². The van der Waals surface area contributed by atoms with Crippen molar-refractivity contribution in [3.8, 4) is 0 Å². The van der Waals surface area contributed by atoms with Crippen LogP contribution in [0, 0.1) is 20.8 Å². The van der Waals surface area contributed by atoms with Gasteiger partial charge in [0, 0.05) is 11.3 Å². The Morgan fingerprint density at radius 1 is 1.27 bits per heavy atom. The molecule has 0 saturated heterocycles. The molecule has 0 aliphatic heterocycles. The Hall–Kier alpha value is -2.02. The lowest BCUT2D eigenvalue weighted by Crippen LogP contribution is -2.22. The maximum absolute atomic E-state index is 12.2. The van der Waals surface area contributed by atoms with Crippen LogP contribution < -0.4 is 5.32 Å². The fourth-order valence-electron chi connectivity index (χ4n) is 2.75. The van der Waals surface area contributed by atoms with E-state index >= 15 is 0 Å². The predicted octanol–water partition coefficient (Wildman–Crippen LogP) is 4.10. The first-order valence-electron chi connectivity index (χ1n) is 7.92. The predicted molar refractivity (Wildman–Crippen MR) is 101 cm³/mol. The van der Waals surface area contributed by atoms with E-state index in [9.17, 15) is 14.7 Å². The molecule has 0 bridgehead atoms. The van der Waals surface area contributed by atoms with Crippen molar-refractivity contribution in [2.75, 3.05) is 11.9 Å². The number of aromatic amines is 1. The number of amides is 1. The lowest BCUT2D eigenvalue weighted by Gasteiger charge is -2.11. The van der Waals surface area contributed by atoms with Crippen molar-refractivity contribution in [2.45, 2.75) is 33.8 Å². The van der Waals surface area contributed by atoms with Crippen LogP contribution in [0.2, 0.25) is 10.0 Å². The third-order valence-corrected chi connectivity index (χ3v) is 4.80. The van der Waals surface area contributed by atoms with Crippen LogP contribution >= 0.6 is 23.2 Å². The minimum Gasteiger partial charge on any atom is -0.451 e. The molecular formula is C18H20Cl2N2O4. The normalized spacial score (nSPS) is 12.0. The fourth-order valence-corrected chi connectivity index (χ4v) is 3.21. The Morgan fingerprint density at radius 2 is 1.92 bits per heavy atom. The van der Waals surface area contributed by atoms with Gasteiger partial charge in [0.25, 0.3) is 5.91 Å². The highest BCUT2D eigenvalue weighted by Crippen LogP contribution is 2.32. The van der Waals surface area contributed by atoms with E-state index in [1.807, 2.05) is 0 Å². The summed E-state index contributed by atoms with van der Waals surface area (Å²) in [7, 11) is 0. The van der Waals surface area contributed by atoms with Crippen molar-refractivity contribution in [3.63, 3.8) is 0 Å². The molecule has 1 aromatic heterocycles. The van der Waals surface area contributed by atoms with Crippen LogP contribution in [0.4, 0.5) is 5.69 Å². The number of aliphatic hydroxyl groups is 1. The smallest absolute Gasteiger partial charge is 0.355 e. The van der Waals surface area contributed by atoms with Gasteiger partial charge in [0.1, 0.15) is 5.69 Å². The van der Waals surface area contributed by atoms with Crippen molar-refractivity contribution in [3.05, 3.63) is 50.3 Å². The number of hydrogen-bond acceptors (Lipinski definition) is 4. The summed E-state index contributed by atoms with van der Waals surface area (Å²) in [6.45, 7) is 6.35. The average Bonchev–Trinajstić information content (AvgIpc) is 2.87. The Morgan fingerprint density at radius 3 is 2.50 bits per heavy atom. The molecule has 1 amide bonds. The van der Waals surface area contributed by atoms with Crippen LogP contribution in [0.3, 0.4) is 0 Å². The summed E-state index contributed by atoms with van der Waals surface area (Å²) in [6, 6.07) is 3.35. The summed E-state index contributed by atoms with van der Waals surface area (Å²) in [5.74, 6) is -1.25. The molecule has 26 heavy (non-hydrogen) atoms. The summed E-state index contributed by atoms with van der Waals surface area (Å²) < 4.78 is 5.05. The van der Waals surface area contributed by atoms with Gasteiger partial charge in [0.05, 0.1) is 21.8 Å². The van der Waals surface area contributed by atoms with E-state index in [1.54, 1.807) is 39.8 Å². The number of carbonyl (C=O) groups is 2. The Kier molecular flexibility index (Phi) is 6.34. The third kappa shape index (κ3) is 4.20. The van der Waals surface area contributed by atoms with Crippen LogP contribution in [0.15, 0.2) is 12.1 Å². The number of ether oxygens (including phenoxy) is 1. The molecular weight excluding hydrogens is 379 g/mol. The Balaban J connectivity index is 2.06. The SMILES string of the molecule is Cc1ccc(Cl)c(NC(=O)COC(=O)c2[nH]c(C)c([C@H](C)O)c2C)c1Cl. The van der Waals surface area contributed by atoms with Gasteiger partial charge in [0.2, 0.25) is 0 Å². The van der Waals surface area contributed by atoms with Crippen LogP contribution in [-0.2, 0) is 9.53 Å². The maximum Gasteiger partial charge on any atom is 0.355 e. The Labute approximate surface area is 161 Å². The molecule has 0 radical (unpaired) electrons. The van der Waals surface area contributed by atoms with E-state index < -0.39 is 24.6 Å². The van der Waals surface area contributed by atoms with Gasteiger partial charge in [-0.15, -0.1) is 0 Å². The number of anilines is 1. The molecule has 8 heteroatoms. The first-order chi connectivity index (χ1) is 12.1. The molecule has 6 nitrogen and oxygen atoms in total. The number of aliphatic hydroxyl groups excluding tert-OH is 1. The number of carbonyl (C=O) groups excluding carboxylic acids is 2. The number of H-pyrrole nitrogens is 1. The molecule has 0 aliphatic rings. The zero-order chi connectivity index (χ0) is 19.6. The quantitative estimate of drug-likeness (QED) is 0.661. The number of nitrogens with one attached hydrogen (secondary N) is 2.